The zero-order valence-electron chi connectivity index (χ0n) is 10.8. The molecule has 1 aliphatic rings. The van der Waals surface area contributed by atoms with Gasteiger partial charge in [-0.15, -0.1) is 0 Å². The molecule has 1 fully saturated rings. The number of pyridine rings is 1. The number of likely N-dealkylation sites (tertiary alicyclic amines) is 1. The predicted molar refractivity (Wildman–Crippen MR) is 70.6 cm³/mol. The van der Waals surface area contributed by atoms with Crippen LogP contribution in [-0.4, -0.2) is 29.0 Å². The Labute approximate surface area is 104 Å². The molecule has 1 aromatic heterocycles. The second kappa shape index (κ2) is 5.61. The van der Waals surface area contributed by atoms with E-state index in [1.54, 1.807) is 0 Å². The summed E-state index contributed by atoms with van der Waals surface area (Å²) in [5.41, 5.74) is 7.57. The number of hydrogen-bond acceptors (Lipinski definition) is 3. The van der Waals surface area contributed by atoms with E-state index in [1.807, 2.05) is 18.5 Å². The van der Waals surface area contributed by atoms with Crippen molar-refractivity contribution in [1.29, 1.82) is 0 Å². The lowest BCUT2D eigenvalue weighted by molar-refractivity contribution is 0.203. The predicted octanol–water partition coefficient (Wildman–Crippen LogP) is 2.20. The highest BCUT2D eigenvalue weighted by atomic mass is 15.2. The van der Waals surface area contributed by atoms with Gasteiger partial charge in [0, 0.05) is 25.0 Å². The Morgan fingerprint density at radius 1 is 1.59 bits per heavy atom. The van der Waals surface area contributed by atoms with Gasteiger partial charge in [0.2, 0.25) is 0 Å². The molecule has 17 heavy (non-hydrogen) atoms. The van der Waals surface area contributed by atoms with Crippen molar-refractivity contribution in [2.24, 2.45) is 11.7 Å². The summed E-state index contributed by atoms with van der Waals surface area (Å²) in [6.07, 6.45) is 6.07. The molecule has 1 saturated heterocycles. The van der Waals surface area contributed by atoms with Gasteiger partial charge in [-0.2, -0.15) is 0 Å². The topological polar surface area (TPSA) is 42.1 Å². The lowest BCUT2D eigenvalue weighted by Gasteiger charge is -2.32. The maximum atomic E-state index is 6.31. The van der Waals surface area contributed by atoms with Crippen LogP contribution in [0.5, 0.6) is 0 Å². The fraction of sp³-hybridized carbons (Fsp3) is 0.643. The minimum absolute atomic E-state index is 0.199. The summed E-state index contributed by atoms with van der Waals surface area (Å²) in [4.78, 5) is 6.75. The normalized spacial score (nSPS) is 24.8. The maximum absolute atomic E-state index is 6.31. The molecule has 94 valence electrons. The molecule has 2 heterocycles. The van der Waals surface area contributed by atoms with Gasteiger partial charge in [0.1, 0.15) is 0 Å². The van der Waals surface area contributed by atoms with Crippen LogP contribution in [0.15, 0.2) is 24.5 Å². The van der Waals surface area contributed by atoms with Gasteiger partial charge in [-0.3, -0.25) is 9.88 Å². The SMILES string of the molecule is CCC(N)C(c1cccnc1)N1CCC(C)C1. The van der Waals surface area contributed by atoms with E-state index in [1.165, 1.54) is 12.0 Å². The molecule has 0 aliphatic carbocycles. The van der Waals surface area contributed by atoms with E-state index in [9.17, 15) is 0 Å². The second-order valence-electron chi connectivity index (χ2n) is 5.19. The Bertz CT molecular complexity index is 339. The molecular formula is C14H23N3. The van der Waals surface area contributed by atoms with Gasteiger partial charge in [0.05, 0.1) is 6.04 Å². The fourth-order valence-corrected chi connectivity index (χ4v) is 2.72. The molecule has 2 N–H and O–H groups in total. The summed E-state index contributed by atoms with van der Waals surface area (Å²) in [5, 5.41) is 0. The summed E-state index contributed by atoms with van der Waals surface area (Å²) < 4.78 is 0. The Morgan fingerprint density at radius 3 is 2.94 bits per heavy atom. The maximum Gasteiger partial charge on any atom is 0.0514 e. The minimum Gasteiger partial charge on any atom is -0.326 e. The lowest BCUT2D eigenvalue weighted by Crippen LogP contribution is -2.39. The quantitative estimate of drug-likeness (QED) is 0.867. The van der Waals surface area contributed by atoms with Gasteiger partial charge in [-0.05, 0) is 36.9 Å². The molecule has 0 bridgehead atoms. The van der Waals surface area contributed by atoms with Gasteiger partial charge in [0.15, 0.2) is 0 Å². The van der Waals surface area contributed by atoms with E-state index in [2.05, 4.69) is 29.8 Å². The molecule has 0 radical (unpaired) electrons. The molecule has 3 heteroatoms. The Balaban J connectivity index is 2.20. The summed E-state index contributed by atoms with van der Waals surface area (Å²) in [5.74, 6) is 0.790. The van der Waals surface area contributed by atoms with E-state index in [-0.39, 0.29) is 6.04 Å². The highest BCUT2D eigenvalue weighted by molar-refractivity contribution is 5.16. The molecule has 3 unspecified atom stereocenters. The number of nitrogens with zero attached hydrogens (tertiary/aromatic N) is 2. The van der Waals surface area contributed by atoms with Crippen molar-refractivity contribution in [1.82, 2.24) is 9.88 Å². The third-order valence-electron chi connectivity index (χ3n) is 3.75. The van der Waals surface area contributed by atoms with Crippen molar-refractivity contribution in [2.45, 2.75) is 38.8 Å². The molecule has 3 atom stereocenters. The van der Waals surface area contributed by atoms with Gasteiger partial charge >= 0.3 is 0 Å². The van der Waals surface area contributed by atoms with Gasteiger partial charge < -0.3 is 5.73 Å². The summed E-state index contributed by atoms with van der Waals surface area (Å²) in [6.45, 7) is 6.80. The molecule has 0 amide bonds. The molecule has 1 aliphatic heterocycles. The molecule has 1 aromatic rings. The van der Waals surface area contributed by atoms with Crippen molar-refractivity contribution in [3.63, 3.8) is 0 Å². The smallest absolute Gasteiger partial charge is 0.0514 e. The number of rotatable bonds is 4. The average Bonchev–Trinajstić information content (AvgIpc) is 2.77. The van der Waals surface area contributed by atoms with Gasteiger partial charge in [-0.1, -0.05) is 19.9 Å². The minimum atomic E-state index is 0.199. The number of hydrogen-bond donors (Lipinski definition) is 1. The summed E-state index contributed by atoms with van der Waals surface area (Å²) in [7, 11) is 0. The first-order valence-electron chi connectivity index (χ1n) is 6.62. The van der Waals surface area contributed by atoms with Gasteiger partial charge in [-0.25, -0.2) is 0 Å². The first kappa shape index (κ1) is 12.5. The van der Waals surface area contributed by atoms with Crippen LogP contribution < -0.4 is 5.73 Å². The summed E-state index contributed by atoms with van der Waals surface area (Å²) >= 11 is 0. The van der Waals surface area contributed by atoms with Gasteiger partial charge in [0.25, 0.3) is 0 Å². The summed E-state index contributed by atoms with van der Waals surface area (Å²) in [6, 6.07) is 4.68. The van der Waals surface area contributed by atoms with Crippen LogP contribution in [-0.2, 0) is 0 Å². The van der Waals surface area contributed by atoms with Crippen LogP contribution in [0.25, 0.3) is 0 Å². The third-order valence-corrected chi connectivity index (χ3v) is 3.75. The van der Waals surface area contributed by atoms with Crippen LogP contribution >= 0.6 is 0 Å². The van der Waals surface area contributed by atoms with Crippen LogP contribution in [0.2, 0.25) is 0 Å². The van der Waals surface area contributed by atoms with Crippen LogP contribution in [0.3, 0.4) is 0 Å². The zero-order valence-corrected chi connectivity index (χ0v) is 10.8. The monoisotopic (exact) mass is 233 g/mol. The zero-order chi connectivity index (χ0) is 12.3. The first-order valence-corrected chi connectivity index (χ1v) is 6.62. The van der Waals surface area contributed by atoms with E-state index < -0.39 is 0 Å². The third kappa shape index (κ3) is 2.85. The average molecular weight is 233 g/mol. The molecule has 0 saturated carbocycles. The molecule has 2 rings (SSSR count). The molecule has 0 aromatic carbocycles. The fourth-order valence-electron chi connectivity index (χ4n) is 2.72. The van der Waals surface area contributed by atoms with E-state index in [4.69, 9.17) is 5.73 Å². The van der Waals surface area contributed by atoms with Crippen molar-refractivity contribution in [2.75, 3.05) is 13.1 Å². The van der Waals surface area contributed by atoms with Crippen molar-refractivity contribution in [3.05, 3.63) is 30.1 Å². The van der Waals surface area contributed by atoms with E-state index in [0.29, 0.717) is 6.04 Å². The van der Waals surface area contributed by atoms with Crippen molar-refractivity contribution in [3.8, 4) is 0 Å². The largest absolute Gasteiger partial charge is 0.326 e. The lowest BCUT2D eigenvalue weighted by atomic mass is 9.98. The Hall–Kier alpha value is -0.930. The van der Waals surface area contributed by atoms with Crippen LogP contribution in [0.4, 0.5) is 0 Å². The first-order chi connectivity index (χ1) is 8.22. The Morgan fingerprint density at radius 2 is 2.41 bits per heavy atom. The second-order valence-corrected chi connectivity index (χ2v) is 5.19. The molecule has 0 spiro atoms. The molecule has 3 nitrogen and oxygen atoms in total. The number of aromatic nitrogens is 1. The molecular weight excluding hydrogens is 210 g/mol. The highest BCUT2D eigenvalue weighted by Gasteiger charge is 2.30. The number of nitrogens with two attached hydrogens (primary N) is 1. The van der Waals surface area contributed by atoms with E-state index >= 15 is 0 Å². The van der Waals surface area contributed by atoms with Crippen LogP contribution in [0, 0.1) is 5.92 Å². The van der Waals surface area contributed by atoms with Crippen molar-refractivity contribution < 1.29 is 0 Å². The van der Waals surface area contributed by atoms with Crippen LogP contribution in [0.1, 0.15) is 38.3 Å². The van der Waals surface area contributed by atoms with E-state index in [0.717, 1.165) is 25.4 Å². The Kier molecular flexibility index (Phi) is 4.13. The standard InChI is InChI=1S/C14H23N3/c1-3-13(15)14(12-5-4-7-16-9-12)17-8-6-11(2)10-17/h4-5,7,9,11,13-14H,3,6,8,10,15H2,1-2H3. The van der Waals surface area contributed by atoms with Crippen molar-refractivity contribution >= 4 is 0 Å². The highest BCUT2D eigenvalue weighted by Crippen LogP contribution is 2.29.